The maximum Gasteiger partial charge on any atom is 0.269 e. The van der Waals surface area contributed by atoms with Crippen molar-refractivity contribution >= 4 is 23.4 Å². The Bertz CT molecular complexity index is 487. The van der Waals surface area contributed by atoms with E-state index in [2.05, 4.69) is 10.6 Å². The molecule has 6 nitrogen and oxygen atoms in total. The van der Waals surface area contributed by atoms with Gasteiger partial charge < -0.3 is 10.6 Å². The van der Waals surface area contributed by atoms with Crippen LogP contribution in [-0.4, -0.2) is 36.2 Å². The van der Waals surface area contributed by atoms with Crippen molar-refractivity contribution in [3.63, 3.8) is 0 Å². The second kappa shape index (κ2) is 7.99. The second-order valence-electron chi connectivity index (χ2n) is 5.06. The van der Waals surface area contributed by atoms with Crippen molar-refractivity contribution in [2.45, 2.75) is 17.7 Å². The Labute approximate surface area is 127 Å². The van der Waals surface area contributed by atoms with Crippen molar-refractivity contribution in [2.24, 2.45) is 5.92 Å². The number of amides is 1. The van der Waals surface area contributed by atoms with Crippen LogP contribution in [0.4, 0.5) is 5.69 Å². The highest BCUT2D eigenvalue weighted by Gasteiger charge is 2.14. The summed E-state index contributed by atoms with van der Waals surface area (Å²) < 4.78 is 0. The van der Waals surface area contributed by atoms with Gasteiger partial charge in [-0.25, -0.2) is 0 Å². The number of thioether (sulfide) groups is 1. The third kappa shape index (κ3) is 5.35. The number of benzene rings is 1. The van der Waals surface area contributed by atoms with Crippen molar-refractivity contribution in [3.05, 3.63) is 34.4 Å². The zero-order chi connectivity index (χ0) is 15.1. The largest absolute Gasteiger partial charge is 0.355 e. The Morgan fingerprint density at radius 2 is 2.19 bits per heavy atom. The van der Waals surface area contributed by atoms with E-state index in [0.717, 1.165) is 30.8 Å². The van der Waals surface area contributed by atoms with Gasteiger partial charge >= 0.3 is 0 Å². The van der Waals surface area contributed by atoms with Crippen LogP contribution in [0.15, 0.2) is 29.2 Å². The molecule has 1 aromatic carbocycles. The van der Waals surface area contributed by atoms with Gasteiger partial charge in [0.1, 0.15) is 0 Å². The molecule has 1 amide bonds. The van der Waals surface area contributed by atoms with E-state index in [1.165, 1.54) is 23.9 Å². The SMILES string of the molecule is O=C(CSc1ccc([N+](=O)[O-])cc1)NCC1CCCNC1. The van der Waals surface area contributed by atoms with E-state index in [9.17, 15) is 14.9 Å². The van der Waals surface area contributed by atoms with E-state index >= 15 is 0 Å². The minimum Gasteiger partial charge on any atom is -0.355 e. The Balaban J connectivity index is 1.69. The first-order valence-corrected chi connectivity index (χ1v) is 7.98. The molecule has 114 valence electrons. The summed E-state index contributed by atoms with van der Waals surface area (Å²) in [4.78, 5) is 22.7. The summed E-state index contributed by atoms with van der Waals surface area (Å²) in [5.74, 6) is 0.855. The van der Waals surface area contributed by atoms with Crippen LogP contribution in [0.3, 0.4) is 0 Å². The monoisotopic (exact) mass is 309 g/mol. The van der Waals surface area contributed by atoms with Gasteiger partial charge in [0.15, 0.2) is 0 Å². The van der Waals surface area contributed by atoms with E-state index in [0.29, 0.717) is 18.2 Å². The van der Waals surface area contributed by atoms with Gasteiger partial charge in [0.05, 0.1) is 10.7 Å². The number of rotatable bonds is 6. The summed E-state index contributed by atoms with van der Waals surface area (Å²) >= 11 is 1.39. The van der Waals surface area contributed by atoms with Crippen LogP contribution >= 0.6 is 11.8 Å². The van der Waals surface area contributed by atoms with Crippen molar-refractivity contribution in [2.75, 3.05) is 25.4 Å². The number of piperidine rings is 1. The van der Waals surface area contributed by atoms with E-state index < -0.39 is 4.92 Å². The molecule has 1 aromatic rings. The van der Waals surface area contributed by atoms with Gasteiger partial charge in [-0.15, -0.1) is 11.8 Å². The Morgan fingerprint density at radius 1 is 1.43 bits per heavy atom. The minimum absolute atomic E-state index is 0.00364. The fourth-order valence-electron chi connectivity index (χ4n) is 2.22. The molecule has 0 spiro atoms. The summed E-state index contributed by atoms with van der Waals surface area (Å²) in [6.45, 7) is 2.75. The fourth-order valence-corrected chi connectivity index (χ4v) is 2.95. The molecule has 0 aliphatic carbocycles. The predicted molar refractivity (Wildman–Crippen MR) is 82.4 cm³/mol. The minimum atomic E-state index is -0.431. The first kappa shape index (κ1) is 15.8. The Kier molecular flexibility index (Phi) is 6.01. The molecule has 1 fully saturated rings. The number of nitrogens with one attached hydrogen (secondary N) is 2. The summed E-state index contributed by atoms with van der Waals surface area (Å²) in [5, 5.41) is 16.8. The molecular formula is C14H19N3O3S. The zero-order valence-corrected chi connectivity index (χ0v) is 12.5. The lowest BCUT2D eigenvalue weighted by Crippen LogP contribution is -2.38. The summed E-state index contributed by atoms with van der Waals surface area (Å²) in [7, 11) is 0. The van der Waals surface area contributed by atoms with E-state index in [1.807, 2.05) is 0 Å². The molecule has 0 saturated carbocycles. The number of carbonyl (C=O) groups is 1. The van der Waals surface area contributed by atoms with Gasteiger partial charge in [0.25, 0.3) is 5.69 Å². The molecule has 21 heavy (non-hydrogen) atoms. The topological polar surface area (TPSA) is 84.3 Å². The number of hydrogen-bond donors (Lipinski definition) is 2. The van der Waals surface area contributed by atoms with Gasteiger partial charge in [-0.1, -0.05) is 0 Å². The summed E-state index contributed by atoms with van der Waals surface area (Å²) in [6.07, 6.45) is 2.32. The van der Waals surface area contributed by atoms with Crippen LogP contribution in [0.1, 0.15) is 12.8 Å². The van der Waals surface area contributed by atoms with Crippen molar-refractivity contribution in [1.29, 1.82) is 0 Å². The lowest BCUT2D eigenvalue weighted by Gasteiger charge is -2.22. The average molecular weight is 309 g/mol. The molecule has 1 saturated heterocycles. The second-order valence-corrected chi connectivity index (χ2v) is 6.10. The maximum absolute atomic E-state index is 11.8. The van der Waals surface area contributed by atoms with E-state index in [1.54, 1.807) is 12.1 Å². The maximum atomic E-state index is 11.8. The number of nitrogens with zero attached hydrogens (tertiary/aromatic N) is 1. The van der Waals surface area contributed by atoms with Gasteiger partial charge in [0, 0.05) is 23.6 Å². The van der Waals surface area contributed by atoms with Gasteiger partial charge in [-0.3, -0.25) is 14.9 Å². The molecular weight excluding hydrogens is 290 g/mol. The van der Waals surface area contributed by atoms with E-state index in [4.69, 9.17) is 0 Å². The number of nitro groups is 1. The molecule has 0 radical (unpaired) electrons. The number of hydrogen-bond acceptors (Lipinski definition) is 5. The fraction of sp³-hybridized carbons (Fsp3) is 0.500. The molecule has 1 heterocycles. The molecule has 1 unspecified atom stereocenters. The Morgan fingerprint density at radius 3 is 2.81 bits per heavy atom. The van der Waals surface area contributed by atoms with Gasteiger partial charge in [0.2, 0.25) is 5.91 Å². The number of carbonyl (C=O) groups excluding carboxylic acids is 1. The quantitative estimate of drug-likeness (QED) is 0.475. The highest BCUT2D eigenvalue weighted by atomic mass is 32.2. The molecule has 1 aliphatic rings. The van der Waals surface area contributed by atoms with Crippen LogP contribution in [0.5, 0.6) is 0 Å². The van der Waals surface area contributed by atoms with Gasteiger partial charge in [-0.05, 0) is 44.0 Å². The number of nitro benzene ring substituents is 1. The summed E-state index contributed by atoms with van der Waals surface area (Å²) in [5.41, 5.74) is 0.0635. The molecule has 2 rings (SSSR count). The van der Waals surface area contributed by atoms with Gasteiger partial charge in [-0.2, -0.15) is 0 Å². The molecule has 0 bridgehead atoms. The molecule has 1 atom stereocenters. The first-order chi connectivity index (χ1) is 10.1. The molecule has 7 heteroatoms. The molecule has 2 N–H and O–H groups in total. The van der Waals surface area contributed by atoms with Crippen LogP contribution < -0.4 is 10.6 Å². The lowest BCUT2D eigenvalue weighted by molar-refractivity contribution is -0.384. The normalized spacial score (nSPS) is 18.2. The van der Waals surface area contributed by atoms with Crippen LogP contribution in [-0.2, 0) is 4.79 Å². The number of non-ortho nitro benzene ring substituents is 1. The Hall–Kier alpha value is -1.60. The van der Waals surface area contributed by atoms with Crippen LogP contribution in [0.2, 0.25) is 0 Å². The van der Waals surface area contributed by atoms with Crippen molar-refractivity contribution in [1.82, 2.24) is 10.6 Å². The standard InChI is InChI=1S/C14H19N3O3S/c18-14(16-9-11-2-1-7-15-8-11)10-21-13-5-3-12(4-6-13)17(19)20/h3-6,11,15H,1-2,7-10H2,(H,16,18). The van der Waals surface area contributed by atoms with Crippen molar-refractivity contribution < 1.29 is 9.72 Å². The highest BCUT2D eigenvalue weighted by molar-refractivity contribution is 8.00. The molecule has 0 aromatic heterocycles. The van der Waals surface area contributed by atoms with Crippen molar-refractivity contribution in [3.8, 4) is 0 Å². The first-order valence-electron chi connectivity index (χ1n) is 7.00. The predicted octanol–water partition coefficient (Wildman–Crippen LogP) is 1.80. The summed E-state index contributed by atoms with van der Waals surface area (Å²) in [6, 6.07) is 6.24. The molecule has 1 aliphatic heterocycles. The van der Waals surface area contributed by atoms with Crippen LogP contribution in [0, 0.1) is 16.0 Å². The lowest BCUT2D eigenvalue weighted by atomic mass is 10.00. The van der Waals surface area contributed by atoms with Crippen LogP contribution in [0.25, 0.3) is 0 Å². The average Bonchev–Trinajstić information content (AvgIpc) is 2.52. The zero-order valence-electron chi connectivity index (χ0n) is 11.7. The third-order valence-electron chi connectivity index (χ3n) is 3.40. The highest BCUT2D eigenvalue weighted by Crippen LogP contribution is 2.21. The smallest absolute Gasteiger partial charge is 0.269 e. The van der Waals surface area contributed by atoms with E-state index in [-0.39, 0.29) is 11.6 Å². The third-order valence-corrected chi connectivity index (χ3v) is 4.42.